The number of fused-ring (bicyclic) bond motifs is 1. The monoisotopic (exact) mass is 345 g/mol. The van der Waals surface area contributed by atoms with E-state index in [1.807, 2.05) is 0 Å². The molecule has 0 aromatic carbocycles. The number of anilines is 1. The van der Waals surface area contributed by atoms with E-state index in [9.17, 15) is 10.1 Å². The van der Waals surface area contributed by atoms with Gasteiger partial charge in [0.15, 0.2) is 0 Å². The molecule has 1 fully saturated rings. The first kappa shape index (κ1) is 17.4. The van der Waals surface area contributed by atoms with Gasteiger partial charge in [-0.15, -0.1) is 11.3 Å². The normalized spacial score (nSPS) is 21.6. The number of likely N-dealkylation sites (tertiary alicyclic amines) is 1. The summed E-state index contributed by atoms with van der Waals surface area (Å²) in [6.07, 6.45) is 9.30. The van der Waals surface area contributed by atoms with E-state index in [1.54, 1.807) is 11.3 Å². The quantitative estimate of drug-likeness (QED) is 0.899. The molecule has 1 aliphatic heterocycles. The minimum absolute atomic E-state index is 0.0269. The van der Waals surface area contributed by atoms with Gasteiger partial charge in [-0.05, 0) is 56.7 Å². The fourth-order valence-electron chi connectivity index (χ4n) is 3.87. The number of hydrogen-bond donors (Lipinski definition) is 1. The van der Waals surface area contributed by atoms with Crippen LogP contribution in [0.1, 0.15) is 61.5 Å². The van der Waals surface area contributed by atoms with Gasteiger partial charge in [-0.1, -0.05) is 26.2 Å². The SMILES string of the molecule is CCC1CCc2c(sc(NC(=O)CN3CCCCCC3)c2C#N)C1. The Bertz CT molecular complexity index is 623. The van der Waals surface area contributed by atoms with Crippen LogP contribution in [-0.2, 0) is 17.6 Å². The standard InChI is InChI=1S/C19H27N3OS/c1-2-14-7-8-15-16(12-20)19(24-17(15)11-14)21-18(23)13-22-9-5-3-4-6-10-22/h14H,2-11,13H2,1H3,(H,21,23). The number of nitrogens with one attached hydrogen (secondary N) is 1. The minimum atomic E-state index is 0.0269. The van der Waals surface area contributed by atoms with E-state index in [0.717, 1.165) is 43.3 Å². The van der Waals surface area contributed by atoms with Crippen molar-refractivity contribution in [2.24, 2.45) is 5.92 Å². The van der Waals surface area contributed by atoms with Gasteiger partial charge in [0.2, 0.25) is 5.91 Å². The Morgan fingerprint density at radius 1 is 1.33 bits per heavy atom. The third-order valence-electron chi connectivity index (χ3n) is 5.38. The molecule has 2 heterocycles. The summed E-state index contributed by atoms with van der Waals surface area (Å²) < 4.78 is 0. The zero-order valence-electron chi connectivity index (χ0n) is 14.6. The van der Waals surface area contributed by atoms with Crippen molar-refractivity contribution in [2.75, 3.05) is 25.0 Å². The molecule has 0 saturated carbocycles. The van der Waals surface area contributed by atoms with Gasteiger partial charge in [0.05, 0.1) is 12.1 Å². The first-order valence-electron chi connectivity index (χ1n) is 9.28. The van der Waals surface area contributed by atoms with Gasteiger partial charge in [-0.2, -0.15) is 5.26 Å². The third-order valence-corrected chi connectivity index (χ3v) is 6.55. The van der Waals surface area contributed by atoms with E-state index in [0.29, 0.717) is 12.1 Å². The number of thiophene rings is 1. The second-order valence-corrected chi connectivity index (χ2v) is 8.18. The summed E-state index contributed by atoms with van der Waals surface area (Å²) in [7, 11) is 0. The maximum atomic E-state index is 12.4. The molecule has 24 heavy (non-hydrogen) atoms. The molecule has 1 aromatic heterocycles. The molecule has 1 atom stereocenters. The molecule has 1 saturated heterocycles. The van der Waals surface area contributed by atoms with E-state index in [-0.39, 0.29) is 5.91 Å². The Labute approximate surface area is 148 Å². The summed E-state index contributed by atoms with van der Waals surface area (Å²) in [5.74, 6) is 0.752. The highest BCUT2D eigenvalue weighted by Gasteiger charge is 2.26. The number of nitriles is 1. The highest BCUT2D eigenvalue weighted by atomic mass is 32.1. The molecule has 0 radical (unpaired) electrons. The summed E-state index contributed by atoms with van der Waals surface area (Å²) >= 11 is 1.63. The van der Waals surface area contributed by atoms with Crippen molar-refractivity contribution in [2.45, 2.75) is 58.3 Å². The van der Waals surface area contributed by atoms with Crippen LogP contribution < -0.4 is 5.32 Å². The van der Waals surface area contributed by atoms with E-state index < -0.39 is 0 Å². The molecule has 1 unspecified atom stereocenters. The summed E-state index contributed by atoms with van der Waals surface area (Å²) in [4.78, 5) is 16.0. The smallest absolute Gasteiger partial charge is 0.239 e. The summed E-state index contributed by atoms with van der Waals surface area (Å²) in [5.41, 5.74) is 1.91. The Balaban J connectivity index is 1.67. The average Bonchev–Trinajstić information content (AvgIpc) is 2.73. The molecule has 1 aliphatic carbocycles. The van der Waals surface area contributed by atoms with E-state index >= 15 is 0 Å². The van der Waals surface area contributed by atoms with Gasteiger partial charge in [-0.3, -0.25) is 9.69 Å². The molecule has 1 N–H and O–H groups in total. The van der Waals surface area contributed by atoms with Gasteiger partial charge in [-0.25, -0.2) is 0 Å². The molecule has 1 aromatic rings. The van der Waals surface area contributed by atoms with E-state index in [1.165, 1.54) is 42.5 Å². The van der Waals surface area contributed by atoms with Crippen LogP contribution in [0, 0.1) is 17.2 Å². The van der Waals surface area contributed by atoms with Crippen molar-refractivity contribution < 1.29 is 4.79 Å². The van der Waals surface area contributed by atoms with Gasteiger partial charge in [0, 0.05) is 4.88 Å². The molecular weight excluding hydrogens is 318 g/mol. The Morgan fingerprint density at radius 3 is 2.75 bits per heavy atom. The van der Waals surface area contributed by atoms with Crippen LogP contribution in [0.4, 0.5) is 5.00 Å². The number of rotatable bonds is 4. The van der Waals surface area contributed by atoms with Gasteiger partial charge >= 0.3 is 0 Å². The lowest BCUT2D eigenvalue weighted by atomic mass is 9.86. The fourth-order valence-corrected chi connectivity index (χ4v) is 5.20. The van der Waals surface area contributed by atoms with Crippen LogP contribution in [0.15, 0.2) is 0 Å². The van der Waals surface area contributed by atoms with Crippen LogP contribution in [-0.4, -0.2) is 30.4 Å². The van der Waals surface area contributed by atoms with Crippen LogP contribution in [0.25, 0.3) is 0 Å². The number of hydrogen-bond acceptors (Lipinski definition) is 4. The van der Waals surface area contributed by atoms with Crippen molar-refractivity contribution >= 4 is 22.2 Å². The lowest BCUT2D eigenvalue weighted by Gasteiger charge is -2.20. The Hall–Kier alpha value is -1.38. The summed E-state index contributed by atoms with van der Waals surface area (Å²) in [6.45, 7) is 4.71. The molecule has 130 valence electrons. The van der Waals surface area contributed by atoms with Crippen molar-refractivity contribution in [3.63, 3.8) is 0 Å². The molecule has 5 heteroatoms. The van der Waals surface area contributed by atoms with Gasteiger partial charge < -0.3 is 5.32 Å². The van der Waals surface area contributed by atoms with Crippen LogP contribution in [0.2, 0.25) is 0 Å². The maximum absolute atomic E-state index is 12.4. The zero-order chi connectivity index (χ0) is 16.9. The second kappa shape index (κ2) is 8.13. The highest BCUT2D eigenvalue weighted by molar-refractivity contribution is 7.16. The Kier molecular flexibility index (Phi) is 5.91. The van der Waals surface area contributed by atoms with Crippen molar-refractivity contribution in [1.82, 2.24) is 4.90 Å². The van der Waals surface area contributed by atoms with Crippen LogP contribution in [0.3, 0.4) is 0 Å². The first-order chi connectivity index (χ1) is 11.7. The molecule has 2 aliphatic rings. The lowest BCUT2D eigenvalue weighted by Crippen LogP contribution is -2.33. The average molecular weight is 346 g/mol. The molecule has 3 rings (SSSR count). The minimum Gasteiger partial charge on any atom is -0.315 e. The maximum Gasteiger partial charge on any atom is 0.239 e. The largest absolute Gasteiger partial charge is 0.315 e. The highest BCUT2D eigenvalue weighted by Crippen LogP contribution is 2.39. The molecule has 0 bridgehead atoms. The third kappa shape index (κ3) is 3.99. The predicted molar refractivity (Wildman–Crippen MR) is 98.4 cm³/mol. The van der Waals surface area contributed by atoms with Crippen LogP contribution in [0.5, 0.6) is 0 Å². The number of carbonyl (C=O) groups excluding carboxylic acids is 1. The zero-order valence-corrected chi connectivity index (χ0v) is 15.4. The summed E-state index contributed by atoms with van der Waals surface area (Å²) in [6, 6.07) is 2.34. The molecule has 4 nitrogen and oxygen atoms in total. The van der Waals surface area contributed by atoms with Crippen LogP contribution >= 0.6 is 11.3 Å². The first-order valence-corrected chi connectivity index (χ1v) is 10.1. The fraction of sp³-hybridized carbons (Fsp3) is 0.684. The molecular formula is C19H27N3OS. The van der Waals surface area contributed by atoms with Gasteiger partial charge in [0.25, 0.3) is 0 Å². The van der Waals surface area contributed by atoms with E-state index in [4.69, 9.17) is 0 Å². The second-order valence-electron chi connectivity index (χ2n) is 7.08. The molecule has 0 spiro atoms. The van der Waals surface area contributed by atoms with Crippen molar-refractivity contribution in [3.05, 3.63) is 16.0 Å². The lowest BCUT2D eigenvalue weighted by molar-refractivity contribution is -0.117. The topological polar surface area (TPSA) is 56.1 Å². The summed E-state index contributed by atoms with van der Waals surface area (Å²) in [5, 5.41) is 13.4. The Morgan fingerprint density at radius 2 is 2.08 bits per heavy atom. The number of nitrogens with zero attached hydrogens (tertiary/aromatic N) is 2. The predicted octanol–water partition coefficient (Wildman–Crippen LogP) is 3.95. The van der Waals surface area contributed by atoms with Crippen molar-refractivity contribution in [1.29, 1.82) is 5.26 Å². The van der Waals surface area contributed by atoms with E-state index in [2.05, 4.69) is 23.2 Å². The number of amides is 1. The van der Waals surface area contributed by atoms with Crippen molar-refractivity contribution in [3.8, 4) is 6.07 Å². The van der Waals surface area contributed by atoms with Gasteiger partial charge in [0.1, 0.15) is 11.1 Å². The molecule has 1 amide bonds. The number of carbonyl (C=O) groups is 1.